The molecule has 0 heterocycles. The molecule has 13 heavy (non-hydrogen) atoms. The first-order valence-corrected chi connectivity index (χ1v) is 5.04. The van der Waals surface area contributed by atoms with Crippen LogP contribution in [0, 0.1) is 0 Å². The van der Waals surface area contributed by atoms with E-state index in [2.05, 4.69) is 13.8 Å². The van der Waals surface area contributed by atoms with Crippen LogP contribution in [0.25, 0.3) is 0 Å². The highest BCUT2D eigenvalue weighted by atomic mass is 16.5. The fourth-order valence-electron chi connectivity index (χ4n) is 1.28. The maximum atomic E-state index is 5.72. The summed E-state index contributed by atoms with van der Waals surface area (Å²) < 4.78 is 5.72. The molecule has 1 heteroatoms. The third kappa shape index (κ3) is 3.97. The third-order valence-electron chi connectivity index (χ3n) is 2.04. The van der Waals surface area contributed by atoms with Crippen molar-refractivity contribution in [1.29, 1.82) is 0 Å². The minimum atomic E-state index is 0.336. The smallest absolute Gasteiger partial charge is 0.119 e. The Morgan fingerprint density at radius 1 is 1.23 bits per heavy atom. The van der Waals surface area contributed by atoms with E-state index in [4.69, 9.17) is 4.74 Å². The second kappa shape index (κ2) is 5.63. The average Bonchev–Trinajstić information content (AvgIpc) is 2.16. The first-order valence-electron chi connectivity index (χ1n) is 5.04. The van der Waals surface area contributed by atoms with E-state index in [1.54, 1.807) is 0 Å². The van der Waals surface area contributed by atoms with Gasteiger partial charge in [-0.2, -0.15) is 0 Å². The Bertz CT molecular complexity index is 218. The van der Waals surface area contributed by atoms with Crippen LogP contribution in [-0.4, -0.2) is 6.10 Å². The standard InChI is InChI=1S/C12H18O/c1-3-4-8-11(2)13-12-9-6-5-7-10-12/h5-7,9-11H,3-4,8H2,1-2H3. The Morgan fingerprint density at radius 2 is 1.92 bits per heavy atom. The number of hydrogen-bond acceptors (Lipinski definition) is 1. The van der Waals surface area contributed by atoms with Crippen molar-refractivity contribution in [2.45, 2.75) is 39.2 Å². The van der Waals surface area contributed by atoms with Gasteiger partial charge < -0.3 is 4.74 Å². The quantitative estimate of drug-likeness (QED) is 0.668. The molecule has 1 aromatic rings. The molecule has 0 saturated carbocycles. The molecule has 0 radical (unpaired) electrons. The van der Waals surface area contributed by atoms with Crippen molar-refractivity contribution >= 4 is 0 Å². The van der Waals surface area contributed by atoms with Crippen LogP contribution in [0.4, 0.5) is 0 Å². The van der Waals surface area contributed by atoms with E-state index in [9.17, 15) is 0 Å². The van der Waals surface area contributed by atoms with Crippen LogP contribution in [0.1, 0.15) is 33.1 Å². The predicted molar refractivity (Wildman–Crippen MR) is 56.1 cm³/mol. The minimum Gasteiger partial charge on any atom is -0.491 e. The molecule has 1 aromatic carbocycles. The van der Waals surface area contributed by atoms with Gasteiger partial charge in [-0.05, 0) is 25.5 Å². The summed E-state index contributed by atoms with van der Waals surface area (Å²) in [6.07, 6.45) is 3.96. The minimum absolute atomic E-state index is 0.336. The van der Waals surface area contributed by atoms with E-state index < -0.39 is 0 Å². The Kier molecular flexibility index (Phi) is 4.37. The van der Waals surface area contributed by atoms with Crippen LogP contribution >= 0.6 is 0 Å². The molecule has 0 aromatic heterocycles. The lowest BCUT2D eigenvalue weighted by Crippen LogP contribution is -2.11. The number of benzene rings is 1. The molecule has 0 aliphatic rings. The fourth-order valence-corrected chi connectivity index (χ4v) is 1.28. The predicted octanol–water partition coefficient (Wildman–Crippen LogP) is 3.64. The number of hydrogen-bond donors (Lipinski definition) is 0. The van der Waals surface area contributed by atoms with Gasteiger partial charge in [-0.25, -0.2) is 0 Å². The number of ether oxygens (including phenoxy) is 1. The van der Waals surface area contributed by atoms with E-state index >= 15 is 0 Å². The lowest BCUT2D eigenvalue weighted by Gasteiger charge is -2.13. The molecule has 1 unspecified atom stereocenters. The van der Waals surface area contributed by atoms with Gasteiger partial charge in [0.1, 0.15) is 5.75 Å². The van der Waals surface area contributed by atoms with E-state index in [0.29, 0.717) is 6.10 Å². The van der Waals surface area contributed by atoms with Gasteiger partial charge in [0.15, 0.2) is 0 Å². The van der Waals surface area contributed by atoms with Crippen LogP contribution in [-0.2, 0) is 0 Å². The third-order valence-corrected chi connectivity index (χ3v) is 2.04. The van der Waals surface area contributed by atoms with Crippen molar-refractivity contribution in [3.63, 3.8) is 0 Å². The van der Waals surface area contributed by atoms with Gasteiger partial charge >= 0.3 is 0 Å². The Balaban J connectivity index is 2.32. The molecule has 0 aliphatic heterocycles. The first-order chi connectivity index (χ1) is 6.33. The summed E-state index contributed by atoms with van der Waals surface area (Å²) in [5.74, 6) is 0.978. The van der Waals surface area contributed by atoms with E-state index in [0.717, 1.165) is 12.2 Å². The van der Waals surface area contributed by atoms with Crippen molar-refractivity contribution in [2.24, 2.45) is 0 Å². The summed E-state index contributed by atoms with van der Waals surface area (Å²) in [5, 5.41) is 0. The second-order valence-electron chi connectivity index (χ2n) is 3.38. The number of unbranched alkanes of at least 4 members (excludes halogenated alkanes) is 1. The molecule has 72 valence electrons. The maximum absolute atomic E-state index is 5.72. The topological polar surface area (TPSA) is 9.23 Å². The number of rotatable bonds is 5. The summed E-state index contributed by atoms with van der Waals surface area (Å²) in [4.78, 5) is 0. The van der Waals surface area contributed by atoms with Crippen molar-refractivity contribution in [2.75, 3.05) is 0 Å². The first kappa shape index (κ1) is 10.1. The number of para-hydroxylation sites is 1. The van der Waals surface area contributed by atoms with E-state index in [1.807, 2.05) is 30.3 Å². The van der Waals surface area contributed by atoms with Crippen molar-refractivity contribution in [3.8, 4) is 5.75 Å². The zero-order valence-electron chi connectivity index (χ0n) is 8.49. The molecule has 0 saturated heterocycles. The summed E-state index contributed by atoms with van der Waals surface area (Å²) in [5.41, 5.74) is 0. The lowest BCUT2D eigenvalue weighted by molar-refractivity contribution is 0.207. The zero-order valence-corrected chi connectivity index (χ0v) is 8.49. The summed E-state index contributed by atoms with van der Waals surface area (Å²) in [7, 11) is 0. The molecule has 1 atom stereocenters. The largest absolute Gasteiger partial charge is 0.491 e. The van der Waals surface area contributed by atoms with Gasteiger partial charge in [-0.3, -0.25) is 0 Å². The van der Waals surface area contributed by atoms with Crippen LogP contribution in [0.3, 0.4) is 0 Å². The SMILES string of the molecule is CCCCC(C)Oc1ccccc1. The van der Waals surface area contributed by atoms with Crippen LogP contribution in [0.5, 0.6) is 5.75 Å². The normalized spacial score (nSPS) is 12.5. The van der Waals surface area contributed by atoms with Gasteiger partial charge in [0, 0.05) is 0 Å². The van der Waals surface area contributed by atoms with E-state index in [-0.39, 0.29) is 0 Å². The van der Waals surface area contributed by atoms with E-state index in [1.165, 1.54) is 12.8 Å². The summed E-state index contributed by atoms with van der Waals surface area (Å²) in [6.45, 7) is 4.33. The highest BCUT2D eigenvalue weighted by molar-refractivity contribution is 5.21. The van der Waals surface area contributed by atoms with Crippen molar-refractivity contribution < 1.29 is 4.74 Å². The Morgan fingerprint density at radius 3 is 2.54 bits per heavy atom. The maximum Gasteiger partial charge on any atom is 0.119 e. The zero-order chi connectivity index (χ0) is 9.52. The van der Waals surface area contributed by atoms with Gasteiger partial charge in [0.05, 0.1) is 6.10 Å². The van der Waals surface area contributed by atoms with Gasteiger partial charge in [0.2, 0.25) is 0 Å². The van der Waals surface area contributed by atoms with Crippen LogP contribution in [0.2, 0.25) is 0 Å². The van der Waals surface area contributed by atoms with Gasteiger partial charge in [0.25, 0.3) is 0 Å². The molecule has 0 aliphatic carbocycles. The Labute approximate surface area is 80.7 Å². The molecular formula is C12H18O. The van der Waals surface area contributed by atoms with Crippen molar-refractivity contribution in [3.05, 3.63) is 30.3 Å². The molecule has 1 rings (SSSR count). The molecule has 0 fully saturated rings. The molecule has 0 bridgehead atoms. The summed E-state index contributed by atoms with van der Waals surface area (Å²) >= 11 is 0. The van der Waals surface area contributed by atoms with Crippen molar-refractivity contribution in [1.82, 2.24) is 0 Å². The second-order valence-corrected chi connectivity index (χ2v) is 3.38. The fraction of sp³-hybridized carbons (Fsp3) is 0.500. The summed E-state index contributed by atoms with van der Waals surface area (Å²) in [6, 6.07) is 10.0. The highest BCUT2D eigenvalue weighted by Crippen LogP contribution is 2.13. The monoisotopic (exact) mass is 178 g/mol. The molecule has 0 N–H and O–H groups in total. The highest BCUT2D eigenvalue weighted by Gasteiger charge is 2.01. The molecule has 0 amide bonds. The van der Waals surface area contributed by atoms with Gasteiger partial charge in [-0.1, -0.05) is 38.0 Å². The molecule has 1 nitrogen and oxygen atoms in total. The van der Waals surface area contributed by atoms with Gasteiger partial charge in [-0.15, -0.1) is 0 Å². The molecule has 0 spiro atoms. The van der Waals surface area contributed by atoms with Crippen LogP contribution < -0.4 is 4.74 Å². The molecular weight excluding hydrogens is 160 g/mol. The average molecular weight is 178 g/mol. The lowest BCUT2D eigenvalue weighted by atomic mass is 10.2. The Hall–Kier alpha value is -0.980. The van der Waals surface area contributed by atoms with Crippen LogP contribution in [0.15, 0.2) is 30.3 Å².